The van der Waals surface area contributed by atoms with Gasteiger partial charge in [-0.3, -0.25) is 0 Å². The molecule has 88 valence electrons. The fraction of sp³-hybridized carbons (Fsp3) is 0.273. The Morgan fingerprint density at radius 1 is 1.29 bits per heavy atom. The van der Waals surface area contributed by atoms with Crippen molar-refractivity contribution < 1.29 is 4.74 Å². The summed E-state index contributed by atoms with van der Waals surface area (Å²) in [5.74, 6) is 1.81. The summed E-state index contributed by atoms with van der Waals surface area (Å²) in [5, 5.41) is 3.12. The predicted octanol–water partition coefficient (Wildman–Crippen LogP) is 1.37. The summed E-state index contributed by atoms with van der Waals surface area (Å²) < 4.78 is 5.03. The van der Waals surface area contributed by atoms with Gasteiger partial charge in [0.2, 0.25) is 5.88 Å². The van der Waals surface area contributed by atoms with Crippen molar-refractivity contribution in [2.75, 3.05) is 19.0 Å². The van der Waals surface area contributed by atoms with Gasteiger partial charge in [0.05, 0.1) is 7.11 Å². The average Bonchev–Trinajstić information content (AvgIpc) is 2.40. The van der Waals surface area contributed by atoms with Crippen LogP contribution in [0.1, 0.15) is 6.92 Å². The first-order chi connectivity index (χ1) is 8.33. The molecule has 0 aliphatic carbocycles. The van der Waals surface area contributed by atoms with Gasteiger partial charge in [-0.05, 0) is 13.0 Å². The molecular weight excluding hydrogens is 218 g/mol. The first-order valence-corrected chi connectivity index (χ1v) is 5.27. The van der Waals surface area contributed by atoms with Crippen molar-refractivity contribution in [2.24, 2.45) is 0 Å². The summed E-state index contributed by atoms with van der Waals surface area (Å²) in [6, 6.07) is 3.51. The molecule has 0 atom stereocenters. The van der Waals surface area contributed by atoms with E-state index in [0.29, 0.717) is 17.4 Å². The Balaban J connectivity index is 2.34. The van der Waals surface area contributed by atoms with E-state index in [1.54, 1.807) is 19.4 Å². The van der Waals surface area contributed by atoms with Crippen LogP contribution in [0, 0.1) is 0 Å². The minimum absolute atomic E-state index is 0.493. The molecule has 0 unspecified atom stereocenters. The molecule has 0 aliphatic heterocycles. The molecule has 0 amide bonds. The van der Waals surface area contributed by atoms with Gasteiger partial charge in [0, 0.05) is 18.8 Å². The SMILES string of the molecule is CCNc1ccnc(-c2cc(OC)ncn2)n1. The van der Waals surface area contributed by atoms with Gasteiger partial charge in [-0.1, -0.05) is 0 Å². The number of aromatic nitrogens is 4. The zero-order valence-electron chi connectivity index (χ0n) is 9.71. The molecule has 1 N–H and O–H groups in total. The van der Waals surface area contributed by atoms with Crippen LogP contribution in [0.5, 0.6) is 5.88 Å². The molecule has 0 saturated heterocycles. The Bertz CT molecular complexity index is 503. The number of ether oxygens (including phenoxy) is 1. The molecule has 0 radical (unpaired) electrons. The summed E-state index contributed by atoms with van der Waals surface area (Å²) >= 11 is 0. The Labute approximate surface area is 99.1 Å². The Morgan fingerprint density at radius 2 is 2.18 bits per heavy atom. The number of hydrogen-bond donors (Lipinski definition) is 1. The molecule has 6 nitrogen and oxygen atoms in total. The molecule has 0 spiro atoms. The van der Waals surface area contributed by atoms with E-state index in [4.69, 9.17) is 4.74 Å². The summed E-state index contributed by atoms with van der Waals surface area (Å²) in [7, 11) is 1.56. The first kappa shape index (κ1) is 11.3. The fourth-order valence-corrected chi connectivity index (χ4v) is 1.34. The molecule has 6 heteroatoms. The molecule has 17 heavy (non-hydrogen) atoms. The quantitative estimate of drug-likeness (QED) is 0.856. The van der Waals surface area contributed by atoms with E-state index in [-0.39, 0.29) is 0 Å². The molecule has 0 fully saturated rings. The lowest BCUT2D eigenvalue weighted by molar-refractivity contribution is 0.397. The van der Waals surface area contributed by atoms with Crippen molar-refractivity contribution in [3.63, 3.8) is 0 Å². The number of rotatable bonds is 4. The lowest BCUT2D eigenvalue weighted by Gasteiger charge is -2.04. The van der Waals surface area contributed by atoms with E-state index in [1.807, 2.05) is 13.0 Å². The second-order valence-corrected chi connectivity index (χ2v) is 3.24. The van der Waals surface area contributed by atoms with Gasteiger partial charge in [-0.25, -0.2) is 19.9 Å². The smallest absolute Gasteiger partial charge is 0.216 e. The van der Waals surface area contributed by atoms with Crippen LogP contribution < -0.4 is 10.1 Å². The van der Waals surface area contributed by atoms with Crippen LogP contribution in [0.25, 0.3) is 11.5 Å². The van der Waals surface area contributed by atoms with Crippen molar-refractivity contribution in [1.82, 2.24) is 19.9 Å². The third kappa shape index (κ3) is 2.66. The standard InChI is InChI=1S/C11H13N5O/c1-3-12-9-4-5-13-11(16-9)8-6-10(17-2)15-7-14-8/h4-7H,3H2,1-2H3,(H,12,13,16). The molecule has 0 aliphatic rings. The average molecular weight is 231 g/mol. The molecule has 2 aromatic rings. The van der Waals surface area contributed by atoms with E-state index in [1.165, 1.54) is 6.33 Å². The number of nitrogens with zero attached hydrogens (tertiary/aromatic N) is 4. The van der Waals surface area contributed by atoms with E-state index < -0.39 is 0 Å². The minimum atomic E-state index is 0.493. The summed E-state index contributed by atoms with van der Waals surface area (Å²) in [6.07, 6.45) is 3.12. The summed E-state index contributed by atoms with van der Waals surface area (Å²) in [4.78, 5) is 16.6. The van der Waals surface area contributed by atoms with Crippen LogP contribution in [0.2, 0.25) is 0 Å². The third-order valence-corrected chi connectivity index (χ3v) is 2.09. The van der Waals surface area contributed by atoms with Crippen molar-refractivity contribution in [3.8, 4) is 17.4 Å². The highest BCUT2D eigenvalue weighted by molar-refractivity contribution is 5.52. The van der Waals surface area contributed by atoms with Crippen molar-refractivity contribution in [3.05, 3.63) is 24.7 Å². The van der Waals surface area contributed by atoms with Crippen molar-refractivity contribution in [1.29, 1.82) is 0 Å². The fourth-order valence-electron chi connectivity index (χ4n) is 1.34. The van der Waals surface area contributed by atoms with E-state index in [9.17, 15) is 0 Å². The van der Waals surface area contributed by atoms with Gasteiger partial charge in [-0.15, -0.1) is 0 Å². The van der Waals surface area contributed by atoms with Gasteiger partial charge < -0.3 is 10.1 Å². The van der Waals surface area contributed by atoms with Gasteiger partial charge in [0.15, 0.2) is 5.82 Å². The molecule has 2 rings (SSSR count). The first-order valence-electron chi connectivity index (χ1n) is 5.27. The van der Waals surface area contributed by atoms with Gasteiger partial charge in [0.25, 0.3) is 0 Å². The number of methoxy groups -OCH3 is 1. The topological polar surface area (TPSA) is 72.8 Å². The lowest BCUT2D eigenvalue weighted by atomic mass is 10.3. The van der Waals surface area contributed by atoms with E-state index in [0.717, 1.165) is 12.4 Å². The highest BCUT2D eigenvalue weighted by atomic mass is 16.5. The maximum atomic E-state index is 5.03. The number of nitrogens with one attached hydrogen (secondary N) is 1. The van der Waals surface area contributed by atoms with Gasteiger partial charge in [0.1, 0.15) is 17.8 Å². The number of anilines is 1. The summed E-state index contributed by atoms with van der Waals surface area (Å²) in [6.45, 7) is 2.82. The molecule has 0 bridgehead atoms. The Kier molecular flexibility index (Phi) is 3.44. The maximum Gasteiger partial charge on any atom is 0.216 e. The number of hydrogen-bond acceptors (Lipinski definition) is 6. The van der Waals surface area contributed by atoms with Crippen molar-refractivity contribution >= 4 is 5.82 Å². The monoisotopic (exact) mass is 231 g/mol. The second-order valence-electron chi connectivity index (χ2n) is 3.24. The summed E-state index contributed by atoms with van der Waals surface area (Å²) in [5.41, 5.74) is 0.636. The highest BCUT2D eigenvalue weighted by Crippen LogP contribution is 2.16. The van der Waals surface area contributed by atoms with Crippen LogP contribution in [0.15, 0.2) is 24.7 Å². The minimum Gasteiger partial charge on any atom is -0.481 e. The molecular formula is C11H13N5O. The normalized spacial score (nSPS) is 10.0. The Hall–Kier alpha value is -2.24. The van der Waals surface area contributed by atoms with Crippen LogP contribution in [0.3, 0.4) is 0 Å². The lowest BCUT2D eigenvalue weighted by Crippen LogP contribution is -2.01. The zero-order chi connectivity index (χ0) is 12.1. The molecule has 2 heterocycles. The highest BCUT2D eigenvalue weighted by Gasteiger charge is 2.05. The maximum absolute atomic E-state index is 5.03. The molecule has 0 aromatic carbocycles. The van der Waals surface area contributed by atoms with Crippen molar-refractivity contribution in [2.45, 2.75) is 6.92 Å². The molecule has 2 aromatic heterocycles. The zero-order valence-corrected chi connectivity index (χ0v) is 9.71. The van der Waals surface area contributed by atoms with Crippen LogP contribution >= 0.6 is 0 Å². The van der Waals surface area contributed by atoms with Gasteiger partial charge >= 0.3 is 0 Å². The van der Waals surface area contributed by atoms with Crippen LogP contribution in [-0.2, 0) is 0 Å². The van der Waals surface area contributed by atoms with E-state index >= 15 is 0 Å². The van der Waals surface area contributed by atoms with Crippen LogP contribution in [-0.4, -0.2) is 33.6 Å². The second kappa shape index (κ2) is 5.20. The van der Waals surface area contributed by atoms with Gasteiger partial charge in [-0.2, -0.15) is 0 Å². The predicted molar refractivity (Wildman–Crippen MR) is 63.8 cm³/mol. The molecule has 0 saturated carbocycles. The third-order valence-electron chi connectivity index (χ3n) is 2.09. The van der Waals surface area contributed by atoms with Crippen LogP contribution in [0.4, 0.5) is 5.82 Å². The Morgan fingerprint density at radius 3 is 2.94 bits per heavy atom. The largest absolute Gasteiger partial charge is 0.481 e. The van der Waals surface area contributed by atoms with E-state index in [2.05, 4.69) is 25.3 Å².